The fourth-order valence-corrected chi connectivity index (χ4v) is 6.29. The summed E-state index contributed by atoms with van der Waals surface area (Å²) in [7, 11) is -3.88. The number of aliphatic hydroxyl groups excluding tert-OH is 1. The summed E-state index contributed by atoms with van der Waals surface area (Å²) in [4.78, 5) is 31.7. The highest BCUT2D eigenvalue weighted by atomic mass is 32.2. The van der Waals surface area contributed by atoms with Crippen LogP contribution in [0.25, 0.3) is 0 Å². The summed E-state index contributed by atoms with van der Waals surface area (Å²) in [5.74, 6) is -0.817. The van der Waals surface area contributed by atoms with Crippen molar-refractivity contribution in [3.63, 3.8) is 0 Å². The molecule has 4 rings (SSSR count). The number of anilines is 2. The molecule has 1 fully saturated rings. The van der Waals surface area contributed by atoms with Gasteiger partial charge in [0.15, 0.2) is 9.84 Å². The third-order valence-electron chi connectivity index (χ3n) is 6.74. The smallest absolute Gasteiger partial charge is 0.255 e. The lowest BCUT2D eigenvalue weighted by Gasteiger charge is -2.36. The van der Waals surface area contributed by atoms with Crippen LogP contribution in [0.15, 0.2) is 84.4 Å². The Morgan fingerprint density at radius 2 is 1.82 bits per heavy atom. The van der Waals surface area contributed by atoms with Gasteiger partial charge in [-0.15, -0.1) is 6.58 Å². The lowest BCUT2D eigenvalue weighted by atomic mass is 9.99. The largest absolute Gasteiger partial charge is 0.396 e. The third-order valence-corrected chi connectivity index (χ3v) is 8.78. The monoisotopic (exact) mass is 548 g/mol. The van der Waals surface area contributed by atoms with E-state index in [1.165, 1.54) is 36.5 Å². The maximum atomic E-state index is 13.5. The van der Waals surface area contributed by atoms with E-state index in [4.69, 9.17) is 0 Å². The van der Waals surface area contributed by atoms with Gasteiger partial charge >= 0.3 is 0 Å². The van der Waals surface area contributed by atoms with Crippen LogP contribution in [-0.4, -0.2) is 60.3 Å². The standard InChI is InChI=1S/C29H32N4O5S/c1-3-27(33-14-8-9-21(18-33)19-34)39(37,38)25-13-7-12-23(15-25)29(36)31-24-16-26(20(2)30-17-24)32-28(35)22-10-5-4-6-11-22/h3-7,10-13,15-17,21,27,34H,1,8-9,14,18-19H2,2H3,(H,31,36)(H,32,35). The molecular formula is C29H32N4O5S. The Balaban J connectivity index is 1.51. The first-order chi connectivity index (χ1) is 18.7. The number of sulfone groups is 1. The van der Waals surface area contributed by atoms with Crippen LogP contribution in [0.3, 0.4) is 0 Å². The highest BCUT2D eigenvalue weighted by Gasteiger charge is 2.34. The minimum absolute atomic E-state index is 0.00157. The molecule has 9 nitrogen and oxygen atoms in total. The van der Waals surface area contributed by atoms with Crippen molar-refractivity contribution in [2.24, 2.45) is 5.92 Å². The molecule has 1 saturated heterocycles. The second-order valence-corrected chi connectivity index (χ2v) is 11.6. The summed E-state index contributed by atoms with van der Waals surface area (Å²) in [6.07, 6.45) is 4.49. The van der Waals surface area contributed by atoms with E-state index in [-0.39, 0.29) is 28.9 Å². The van der Waals surface area contributed by atoms with Crippen molar-refractivity contribution in [2.45, 2.75) is 30.0 Å². The van der Waals surface area contributed by atoms with Gasteiger partial charge in [-0.25, -0.2) is 8.42 Å². The quantitative estimate of drug-likeness (QED) is 0.346. The van der Waals surface area contributed by atoms with Crippen molar-refractivity contribution in [3.8, 4) is 0 Å². The van der Waals surface area contributed by atoms with Gasteiger partial charge in [0.1, 0.15) is 5.37 Å². The lowest BCUT2D eigenvalue weighted by Crippen LogP contribution is -2.46. The van der Waals surface area contributed by atoms with E-state index in [9.17, 15) is 23.1 Å². The number of carbonyl (C=O) groups is 2. The number of piperidine rings is 1. The van der Waals surface area contributed by atoms with Crippen LogP contribution in [0.5, 0.6) is 0 Å². The van der Waals surface area contributed by atoms with Crippen molar-refractivity contribution >= 4 is 33.0 Å². The number of benzene rings is 2. The molecule has 2 aromatic carbocycles. The van der Waals surface area contributed by atoms with E-state index in [1.807, 2.05) is 11.0 Å². The Bertz CT molecular complexity index is 1460. The van der Waals surface area contributed by atoms with Crippen LogP contribution < -0.4 is 10.6 Å². The van der Waals surface area contributed by atoms with Gasteiger partial charge in [0.2, 0.25) is 0 Å². The summed E-state index contributed by atoms with van der Waals surface area (Å²) >= 11 is 0. The van der Waals surface area contributed by atoms with Gasteiger partial charge in [0.05, 0.1) is 28.2 Å². The maximum Gasteiger partial charge on any atom is 0.255 e. The molecule has 204 valence electrons. The highest BCUT2D eigenvalue weighted by molar-refractivity contribution is 7.92. The third kappa shape index (κ3) is 6.59. The molecule has 2 unspecified atom stereocenters. The first kappa shape index (κ1) is 28.2. The summed E-state index contributed by atoms with van der Waals surface area (Å²) in [5.41, 5.74) is 1.99. The highest BCUT2D eigenvalue weighted by Crippen LogP contribution is 2.26. The van der Waals surface area contributed by atoms with E-state index in [2.05, 4.69) is 22.2 Å². The number of nitrogens with zero attached hydrogens (tertiary/aromatic N) is 2. The van der Waals surface area contributed by atoms with Crippen molar-refractivity contribution in [3.05, 3.63) is 96.3 Å². The molecule has 3 N–H and O–H groups in total. The first-order valence-corrected chi connectivity index (χ1v) is 14.2. The number of amides is 2. The van der Waals surface area contributed by atoms with Crippen molar-refractivity contribution < 1.29 is 23.1 Å². The van der Waals surface area contributed by atoms with Gasteiger partial charge in [-0.05, 0) is 68.6 Å². The summed E-state index contributed by atoms with van der Waals surface area (Å²) in [5, 5.41) is 14.1. The normalized spacial score (nSPS) is 16.7. The number of aryl methyl sites for hydroxylation is 1. The van der Waals surface area contributed by atoms with Crippen LogP contribution in [-0.2, 0) is 9.84 Å². The number of aliphatic hydroxyl groups is 1. The topological polar surface area (TPSA) is 129 Å². The SMILES string of the molecule is C=CC(N1CCCC(CO)C1)S(=O)(=O)c1cccc(C(=O)Nc2cnc(C)c(NC(=O)c3ccccc3)c2)c1. The molecule has 1 aliphatic rings. The molecule has 0 saturated carbocycles. The number of aromatic nitrogens is 1. The molecule has 0 bridgehead atoms. The lowest BCUT2D eigenvalue weighted by molar-refractivity contribution is 0.101. The zero-order valence-corrected chi connectivity index (χ0v) is 22.5. The molecule has 0 aliphatic carbocycles. The number of hydrogen-bond donors (Lipinski definition) is 3. The fourth-order valence-electron chi connectivity index (χ4n) is 4.62. The van der Waals surface area contributed by atoms with Crippen molar-refractivity contribution in [1.29, 1.82) is 0 Å². The Morgan fingerprint density at radius 1 is 1.10 bits per heavy atom. The number of nitrogens with one attached hydrogen (secondary N) is 2. The van der Waals surface area contributed by atoms with Crippen LogP contribution >= 0.6 is 0 Å². The van der Waals surface area contributed by atoms with Crippen LogP contribution in [0.4, 0.5) is 11.4 Å². The van der Waals surface area contributed by atoms with Crippen molar-refractivity contribution in [1.82, 2.24) is 9.88 Å². The molecule has 2 atom stereocenters. The number of pyridine rings is 1. The summed E-state index contributed by atoms with van der Waals surface area (Å²) < 4.78 is 27.1. The van der Waals surface area contributed by atoms with Gasteiger partial charge in [0.25, 0.3) is 11.8 Å². The molecule has 0 radical (unpaired) electrons. The van der Waals surface area contributed by atoms with Crippen LogP contribution in [0, 0.1) is 12.8 Å². The number of rotatable bonds is 9. The minimum atomic E-state index is -3.88. The number of hydrogen-bond acceptors (Lipinski definition) is 7. The van der Waals surface area contributed by atoms with E-state index in [0.29, 0.717) is 35.7 Å². The van der Waals surface area contributed by atoms with Crippen LogP contribution in [0.1, 0.15) is 39.3 Å². The minimum Gasteiger partial charge on any atom is -0.396 e. The molecular weight excluding hydrogens is 516 g/mol. The second kappa shape index (κ2) is 12.3. The molecule has 1 aliphatic heterocycles. The Kier molecular flexibility index (Phi) is 8.90. The van der Waals surface area contributed by atoms with E-state index >= 15 is 0 Å². The van der Waals surface area contributed by atoms with Gasteiger partial charge in [-0.3, -0.25) is 19.5 Å². The van der Waals surface area contributed by atoms with Gasteiger partial charge in [0, 0.05) is 24.3 Å². The summed E-state index contributed by atoms with van der Waals surface area (Å²) in [6, 6.07) is 16.2. The predicted molar refractivity (Wildman–Crippen MR) is 150 cm³/mol. The van der Waals surface area contributed by atoms with Gasteiger partial charge in [-0.1, -0.05) is 30.3 Å². The van der Waals surface area contributed by atoms with Gasteiger partial charge < -0.3 is 15.7 Å². The number of carbonyl (C=O) groups excluding carboxylic acids is 2. The fraction of sp³-hybridized carbons (Fsp3) is 0.276. The zero-order chi connectivity index (χ0) is 28.0. The van der Waals surface area contributed by atoms with Crippen LogP contribution in [0.2, 0.25) is 0 Å². The molecule has 2 heterocycles. The van der Waals surface area contributed by atoms with Gasteiger partial charge in [-0.2, -0.15) is 0 Å². The Labute approximate surface area is 228 Å². The Hall–Kier alpha value is -3.86. The molecule has 2 amide bonds. The van der Waals surface area contributed by atoms with E-state index in [0.717, 1.165) is 12.8 Å². The van der Waals surface area contributed by atoms with E-state index in [1.54, 1.807) is 37.3 Å². The molecule has 0 spiro atoms. The number of likely N-dealkylation sites (tertiary alicyclic amines) is 1. The first-order valence-electron chi connectivity index (χ1n) is 12.7. The molecule has 1 aromatic heterocycles. The molecule has 3 aromatic rings. The van der Waals surface area contributed by atoms with Crippen molar-refractivity contribution in [2.75, 3.05) is 30.3 Å². The average Bonchev–Trinajstić information content (AvgIpc) is 2.95. The Morgan fingerprint density at radius 3 is 2.54 bits per heavy atom. The summed E-state index contributed by atoms with van der Waals surface area (Å²) in [6.45, 7) is 6.52. The maximum absolute atomic E-state index is 13.5. The molecule has 39 heavy (non-hydrogen) atoms. The van der Waals surface area contributed by atoms with E-state index < -0.39 is 21.1 Å². The second-order valence-electron chi connectivity index (χ2n) is 9.52. The average molecular weight is 549 g/mol. The predicted octanol–water partition coefficient (Wildman–Crippen LogP) is 3.88. The molecule has 10 heteroatoms. The zero-order valence-electron chi connectivity index (χ0n) is 21.7.